The van der Waals surface area contributed by atoms with Crippen molar-refractivity contribution in [1.29, 1.82) is 0 Å². The quantitative estimate of drug-likeness (QED) is 0.945. The maximum atomic E-state index is 13.2. The average Bonchev–Trinajstić information content (AvgIpc) is 3.05. The molecule has 1 saturated carbocycles. The highest BCUT2D eigenvalue weighted by Gasteiger charge is 2.35. The van der Waals surface area contributed by atoms with Crippen LogP contribution in [0.4, 0.5) is 13.2 Å². The molecular weight excluding hydrogens is 299 g/mol. The summed E-state index contributed by atoms with van der Waals surface area (Å²) in [5.74, 6) is -1.03. The molecule has 0 amide bonds. The zero-order chi connectivity index (χ0) is 15.9. The molecule has 0 atom stereocenters. The number of carbonyl (C=O) groups is 1. The van der Waals surface area contributed by atoms with Gasteiger partial charge in [0, 0.05) is 11.8 Å². The maximum absolute atomic E-state index is 13.2. The summed E-state index contributed by atoms with van der Waals surface area (Å²) in [6.45, 7) is 0. The van der Waals surface area contributed by atoms with Gasteiger partial charge in [-0.2, -0.15) is 18.3 Å². The predicted molar refractivity (Wildman–Crippen MR) is 70.6 cm³/mol. The Kier molecular flexibility index (Phi) is 3.54. The van der Waals surface area contributed by atoms with E-state index in [0.717, 1.165) is 37.8 Å². The predicted octanol–water partition coefficient (Wildman–Crippen LogP) is 3.18. The van der Waals surface area contributed by atoms with Gasteiger partial charge in [0.1, 0.15) is 5.69 Å². The first-order valence-corrected chi connectivity index (χ1v) is 7.05. The lowest BCUT2D eigenvalue weighted by molar-refractivity contribution is -0.142. The highest BCUT2D eigenvalue weighted by molar-refractivity contribution is 5.86. The molecule has 0 spiro atoms. The molecule has 1 N–H and O–H groups in total. The summed E-state index contributed by atoms with van der Waals surface area (Å²) in [4.78, 5) is 15.1. The van der Waals surface area contributed by atoms with Crippen LogP contribution in [-0.4, -0.2) is 25.7 Å². The van der Waals surface area contributed by atoms with Gasteiger partial charge in [-0.15, -0.1) is 0 Å². The van der Waals surface area contributed by atoms with Crippen molar-refractivity contribution in [2.24, 2.45) is 5.92 Å². The fourth-order valence-corrected chi connectivity index (χ4v) is 2.95. The van der Waals surface area contributed by atoms with Gasteiger partial charge in [0.25, 0.3) is 0 Å². The fraction of sp³-hybridized carbons (Fsp3) is 0.500. The molecule has 0 bridgehead atoms. The molecule has 0 saturated heterocycles. The Hall–Kier alpha value is -2.12. The van der Waals surface area contributed by atoms with E-state index in [4.69, 9.17) is 5.11 Å². The van der Waals surface area contributed by atoms with Crippen LogP contribution in [0.5, 0.6) is 0 Å². The number of halogens is 3. The standard InChI is InChI=1S/C14H14F3N3O2/c15-14(16,17)11-6-9(5-8-3-1-2-4-8)18-12-7-10(13(21)22)19-20(11)12/h6-8H,1-5H2,(H,21,22). The largest absolute Gasteiger partial charge is 0.476 e. The first-order valence-electron chi connectivity index (χ1n) is 7.05. The van der Waals surface area contributed by atoms with Crippen LogP contribution in [0.15, 0.2) is 12.1 Å². The normalized spacial score (nSPS) is 16.5. The van der Waals surface area contributed by atoms with Crippen LogP contribution in [0, 0.1) is 5.92 Å². The lowest BCUT2D eigenvalue weighted by Gasteiger charge is -2.13. The van der Waals surface area contributed by atoms with E-state index in [1.165, 1.54) is 0 Å². The van der Waals surface area contributed by atoms with Crippen molar-refractivity contribution in [3.63, 3.8) is 0 Å². The zero-order valence-corrected chi connectivity index (χ0v) is 11.6. The van der Waals surface area contributed by atoms with Crippen molar-refractivity contribution in [2.75, 3.05) is 0 Å². The molecule has 0 radical (unpaired) electrons. The molecule has 2 aromatic heterocycles. The minimum atomic E-state index is -4.62. The summed E-state index contributed by atoms with van der Waals surface area (Å²) >= 11 is 0. The van der Waals surface area contributed by atoms with Gasteiger partial charge in [-0.3, -0.25) is 0 Å². The maximum Gasteiger partial charge on any atom is 0.433 e. The van der Waals surface area contributed by atoms with Crippen molar-refractivity contribution in [2.45, 2.75) is 38.3 Å². The molecule has 1 aliphatic rings. The Labute approximate surface area is 123 Å². The summed E-state index contributed by atoms with van der Waals surface area (Å²) in [5.41, 5.74) is -1.18. The van der Waals surface area contributed by atoms with Gasteiger partial charge in [0.05, 0.1) is 0 Å². The molecule has 0 aliphatic heterocycles. The Bertz CT molecular complexity index is 718. The Morgan fingerprint density at radius 2 is 2.00 bits per heavy atom. The van der Waals surface area contributed by atoms with Crippen LogP contribution < -0.4 is 0 Å². The van der Waals surface area contributed by atoms with Gasteiger partial charge < -0.3 is 5.11 Å². The van der Waals surface area contributed by atoms with Gasteiger partial charge in [0.15, 0.2) is 11.3 Å². The average molecular weight is 313 g/mol. The zero-order valence-electron chi connectivity index (χ0n) is 11.6. The van der Waals surface area contributed by atoms with Crippen LogP contribution in [0.2, 0.25) is 0 Å². The fourth-order valence-electron chi connectivity index (χ4n) is 2.95. The van der Waals surface area contributed by atoms with Crippen LogP contribution in [0.1, 0.15) is 47.6 Å². The van der Waals surface area contributed by atoms with E-state index in [0.29, 0.717) is 22.5 Å². The lowest BCUT2D eigenvalue weighted by Crippen LogP contribution is -2.15. The summed E-state index contributed by atoms with van der Waals surface area (Å²) in [6.07, 6.45) is 0.0338. The molecule has 118 valence electrons. The second kappa shape index (κ2) is 5.26. The van der Waals surface area contributed by atoms with E-state index in [1.807, 2.05) is 0 Å². The Morgan fingerprint density at radius 3 is 2.59 bits per heavy atom. The number of alkyl halides is 3. The van der Waals surface area contributed by atoms with Gasteiger partial charge in [-0.1, -0.05) is 25.7 Å². The van der Waals surface area contributed by atoms with Crippen molar-refractivity contribution >= 4 is 11.6 Å². The number of nitrogens with zero attached hydrogens (tertiary/aromatic N) is 3. The molecule has 2 aromatic rings. The third-order valence-electron chi connectivity index (χ3n) is 3.96. The molecule has 0 unspecified atom stereocenters. The SMILES string of the molecule is O=C(O)c1cc2nc(CC3CCCC3)cc(C(F)(F)F)n2n1. The molecule has 22 heavy (non-hydrogen) atoms. The van der Waals surface area contributed by atoms with Crippen molar-refractivity contribution in [3.05, 3.63) is 29.2 Å². The number of aromatic carboxylic acids is 1. The van der Waals surface area contributed by atoms with E-state index in [-0.39, 0.29) is 5.65 Å². The topological polar surface area (TPSA) is 67.5 Å². The summed E-state index contributed by atoms with van der Waals surface area (Å²) in [7, 11) is 0. The van der Waals surface area contributed by atoms with Crippen LogP contribution in [0.25, 0.3) is 5.65 Å². The molecule has 2 heterocycles. The van der Waals surface area contributed by atoms with E-state index in [1.54, 1.807) is 0 Å². The highest BCUT2D eigenvalue weighted by Crippen LogP contribution is 2.32. The van der Waals surface area contributed by atoms with E-state index >= 15 is 0 Å². The van der Waals surface area contributed by atoms with Gasteiger partial charge in [-0.05, 0) is 18.4 Å². The Morgan fingerprint density at radius 1 is 1.32 bits per heavy atom. The number of carboxylic acid groups (broad SMARTS) is 1. The van der Waals surface area contributed by atoms with Crippen molar-refractivity contribution in [1.82, 2.24) is 14.6 Å². The smallest absolute Gasteiger partial charge is 0.433 e. The van der Waals surface area contributed by atoms with E-state index in [9.17, 15) is 18.0 Å². The van der Waals surface area contributed by atoms with E-state index in [2.05, 4.69) is 10.1 Å². The number of hydrogen-bond acceptors (Lipinski definition) is 3. The lowest BCUT2D eigenvalue weighted by atomic mass is 10.0. The third-order valence-corrected chi connectivity index (χ3v) is 3.96. The molecule has 8 heteroatoms. The van der Waals surface area contributed by atoms with Crippen molar-refractivity contribution < 1.29 is 23.1 Å². The first-order chi connectivity index (χ1) is 10.3. The minimum Gasteiger partial charge on any atom is -0.476 e. The molecule has 1 fully saturated rings. The summed E-state index contributed by atoms with van der Waals surface area (Å²) in [6, 6.07) is 2.04. The first kappa shape index (κ1) is 14.8. The molecular formula is C14H14F3N3O2. The second-order valence-corrected chi connectivity index (χ2v) is 5.59. The highest BCUT2D eigenvalue weighted by atomic mass is 19.4. The number of aromatic nitrogens is 3. The van der Waals surface area contributed by atoms with Crippen LogP contribution in [-0.2, 0) is 12.6 Å². The van der Waals surface area contributed by atoms with Gasteiger partial charge in [0.2, 0.25) is 0 Å². The number of rotatable bonds is 3. The number of hydrogen-bond donors (Lipinski definition) is 1. The molecule has 0 aromatic carbocycles. The Balaban J connectivity index is 2.08. The minimum absolute atomic E-state index is 0.0831. The third kappa shape index (κ3) is 2.77. The van der Waals surface area contributed by atoms with Crippen molar-refractivity contribution in [3.8, 4) is 0 Å². The summed E-state index contributed by atoms with van der Waals surface area (Å²) < 4.78 is 40.1. The molecule has 3 rings (SSSR count). The van der Waals surface area contributed by atoms with E-state index < -0.39 is 23.5 Å². The van der Waals surface area contributed by atoms with Crippen LogP contribution in [0.3, 0.4) is 0 Å². The van der Waals surface area contributed by atoms with Crippen LogP contribution >= 0.6 is 0 Å². The second-order valence-electron chi connectivity index (χ2n) is 5.59. The summed E-state index contributed by atoms with van der Waals surface area (Å²) in [5, 5.41) is 12.4. The number of fused-ring (bicyclic) bond motifs is 1. The number of carboxylic acids is 1. The van der Waals surface area contributed by atoms with Gasteiger partial charge in [-0.25, -0.2) is 14.3 Å². The monoisotopic (exact) mass is 313 g/mol. The molecule has 1 aliphatic carbocycles. The van der Waals surface area contributed by atoms with Gasteiger partial charge >= 0.3 is 12.1 Å². The molecule has 5 nitrogen and oxygen atoms in total.